The van der Waals surface area contributed by atoms with Gasteiger partial charge in [-0.3, -0.25) is 4.79 Å². The van der Waals surface area contributed by atoms with Crippen LogP contribution in [0.3, 0.4) is 0 Å². The molecule has 6 heteroatoms. The largest absolute Gasteiger partial charge is 0.358 e. The van der Waals surface area contributed by atoms with Crippen molar-refractivity contribution in [2.24, 2.45) is 5.92 Å². The average Bonchev–Trinajstić information content (AvgIpc) is 3.01. The Morgan fingerprint density at radius 1 is 1.61 bits per heavy atom. The average molecular weight is 247 g/mol. The Morgan fingerprint density at radius 3 is 2.83 bits per heavy atom. The maximum absolute atomic E-state index is 12.1. The highest BCUT2D eigenvalue weighted by atomic mass is 16.6. The van der Waals surface area contributed by atoms with Crippen molar-refractivity contribution >= 4 is 11.7 Å². The van der Waals surface area contributed by atoms with Gasteiger partial charge in [-0.2, -0.15) is 0 Å². The van der Waals surface area contributed by atoms with Crippen LogP contribution in [-0.2, 0) is 0 Å². The highest BCUT2D eigenvalue weighted by Gasteiger charge is 2.28. The van der Waals surface area contributed by atoms with Gasteiger partial charge in [0.05, 0.1) is 6.54 Å². The van der Waals surface area contributed by atoms with E-state index in [4.69, 9.17) is 6.42 Å². The molecule has 18 heavy (non-hydrogen) atoms. The van der Waals surface area contributed by atoms with Crippen molar-refractivity contribution in [2.75, 3.05) is 13.1 Å². The predicted octanol–water partition coefficient (Wildman–Crippen LogP) is 1.41. The summed E-state index contributed by atoms with van der Waals surface area (Å²) in [7, 11) is 0. The smallest absolute Gasteiger partial charge is 0.321 e. The van der Waals surface area contributed by atoms with E-state index < -0.39 is 4.92 Å². The highest BCUT2D eigenvalue weighted by molar-refractivity contribution is 5.93. The molecule has 1 fully saturated rings. The van der Waals surface area contributed by atoms with Crippen LogP contribution in [0.1, 0.15) is 23.3 Å². The number of nitrogens with one attached hydrogen (secondary N) is 1. The Hall–Kier alpha value is -2.29. The number of carbonyl (C=O) groups excluding carboxylic acids is 1. The molecule has 94 valence electrons. The van der Waals surface area contributed by atoms with E-state index >= 15 is 0 Å². The van der Waals surface area contributed by atoms with E-state index in [2.05, 4.69) is 10.9 Å². The summed E-state index contributed by atoms with van der Waals surface area (Å²) in [6.45, 7) is 0.845. The summed E-state index contributed by atoms with van der Waals surface area (Å²) in [5.41, 5.74) is 0.206. The monoisotopic (exact) mass is 247 g/mol. The minimum Gasteiger partial charge on any atom is -0.358 e. The standard InChI is InChI=1S/C12H13N3O3/c1-2-7-14(8-9-3-4-9)12(16)10-5-6-11(13-10)15(17)18/h1,5-6,9,13H,3-4,7-8H2. The second-order valence-corrected chi connectivity index (χ2v) is 4.35. The molecule has 0 saturated heterocycles. The third-order valence-electron chi connectivity index (χ3n) is 2.84. The first kappa shape index (κ1) is 12.2. The van der Waals surface area contributed by atoms with Crippen molar-refractivity contribution in [3.63, 3.8) is 0 Å². The molecule has 0 unspecified atom stereocenters. The summed E-state index contributed by atoms with van der Waals surface area (Å²) in [5.74, 6) is 2.49. The number of aromatic nitrogens is 1. The van der Waals surface area contributed by atoms with Gasteiger partial charge in [0.1, 0.15) is 0 Å². The van der Waals surface area contributed by atoms with Gasteiger partial charge in [-0.1, -0.05) is 5.92 Å². The SMILES string of the molecule is C#CCN(CC1CC1)C(=O)c1ccc([N+](=O)[O-])[nH]1. The number of nitrogens with zero attached hydrogens (tertiary/aromatic N) is 2. The van der Waals surface area contributed by atoms with E-state index in [0.717, 1.165) is 12.8 Å². The van der Waals surface area contributed by atoms with Gasteiger partial charge >= 0.3 is 5.82 Å². The molecule has 1 heterocycles. The van der Waals surface area contributed by atoms with Gasteiger partial charge in [-0.25, -0.2) is 4.98 Å². The molecule has 0 aromatic carbocycles. The predicted molar refractivity (Wildman–Crippen MR) is 64.9 cm³/mol. The molecule has 2 rings (SSSR count). The van der Waals surface area contributed by atoms with E-state index in [1.807, 2.05) is 0 Å². The molecule has 1 aliphatic rings. The summed E-state index contributed by atoms with van der Waals surface area (Å²) in [6.07, 6.45) is 7.45. The van der Waals surface area contributed by atoms with Crippen molar-refractivity contribution in [1.29, 1.82) is 0 Å². The molecule has 1 aromatic rings. The molecule has 0 aliphatic heterocycles. The molecular weight excluding hydrogens is 234 g/mol. The zero-order valence-corrected chi connectivity index (χ0v) is 9.76. The fourth-order valence-electron chi connectivity index (χ4n) is 1.73. The Kier molecular flexibility index (Phi) is 3.33. The number of nitro groups is 1. The van der Waals surface area contributed by atoms with Crippen molar-refractivity contribution in [1.82, 2.24) is 9.88 Å². The number of aromatic amines is 1. The molecule has 0 atom stereocenters. The lowest BCUT2D eigenvalue weighted by atomic mass is 10.3. The van der Waals surface area contributed by atoms with Gasteiger partial charge in [-0.15, -0.1) is 6.42 Å². The van der Waals surface area contributed by atoms with Gasteiger partial charge in [0.25, 0.3) is 5.91 Å². The normalized spacial score (nSPS) is 13.9. The quantitative estimate of drug-likeness (QED) is 0.485. The van der Waals surface area contributed by atoms with Crippen molar-refractivity contribution < 1.29 is 9.72 Å². The first-order valence-electron chi connectivity index (χ1n) is 5.68. The first-order valence-corrected chi connectivity index (χ1v) is 5.68. The number of hydrogen-bond acceptors (Lipinski definition) is 3. The molecular formula is C12H13N3O3. The lowest BCUT2D eigenvalue weighted by molar-refractivity contribution is -0.389. The molecule has 0 spiro atoms. The minimum absolute atomic E-state index is 0.189. The number of amides is 1. The third kappa shape index (κ3) is 2.69. The Morgan fingerprint density at radius 2 is 2.33 bits per heavy atom. The van der Waals surface area contributed by atoms with Crippen LogP contribution in [0.2, 0.25) is 0 Å². The van der Waals surface area contributed by atoms with Crippen LogP contribution >= 0.6 is 0 Å². The molecule has 1 N–H and O–H groups in total. The van der Waals surface area contributed by atoms with Gasteiger partial charge in [0, 0.05) is 12.6 Å². The van der Waals surface area contributed by atoms with Gasteiger partial charge in [0.15, 0.2) is 5.69 Å². The molecule has 0 bridgehead atoms. The zero-order valence-electron chi connectivity index (χ0n) is 9.76. The second kappa shape index (κ2) is 4.92. The lowest BCUT2D eigenvalue weighted by Crippen LogP contribution is -2.33. The third-order valence-corrected chi connectivity index (χ3v) is 2.84. The van der Waals surface area contributed by atoms with Crippen molar-refractivity contribution in [2.45, 2.75) is 12.8 Å². The van der Waals surface area contributed by atoms with Crippen LogP contribution in [0.5, 0.6) is 0 Å². The molecule has 0 radical (unpaired) electrons. The number of carbonyl (C=O) groups is 1. The van der Waals surface area contributed by atoms with Crippen LogP contribution in [0.4, 0.5) is 5.82 Å². The summed E-state index contributed by atoms with van der Waals surface area (Å²) < 4.78 is 0. The maximum atomic E-state index is 12.1. The van der Waals surface area contributed by atoms with Gasteiger partial charge in [0.2, 0.25) is 0 Å². The first-order chi connectivity index (χ1) is 8.61. The van der Waals surface area contributed by atoms with Crippen LogP contribution in [0, 0.1) is 28.4 Å². The Bertz CT molecular complexity index is 511. The summed E-state index contributed by atoms with van der Waals surface area (Å²) in [4.78, 5) is 26.1. The molecule has 1 amide bonds. The second-order valence-electron chi connectivity index (χ2n) is 4.35. The topological polar surface area (TPSA) is 79.2 Å². The van der Waals surface area contributed by atoms with E-state index in [0.29, 0.717) is 12.5 Å². The maximum Gasteiger partial charge on any atom is 0.321 e. The van der Waals surface area contributed by atoms with E-state index in [9.17, 15) is 14.9 Å². The zero-order chi connectivity index (χ0) is 13.1. The highest BCUT2D eigenvalue weighted by Crippen LogP contribution is 2.30. The summed E-state index contributed by atoms with van der Waals surface area (Å²) >= 11 is 0. The fraction of sp³-hybridized carbons (Fsp3) is 0.417. The van der Waals surface area contributed by atoms with Crippen LogP contribution in [-0.4, -0.2) is 33.8 Å². The number of hydrogen-bond donors (Lipinski definition) is 1. The van der Waals surface area contributed by atoms with Gasteiger partial charge in [-0.05, 0) is 29.7 Å². The minimum atomic E-state index is -0.566. The van der Waals surface area contributed by atoms with Crippen molar-refractivity contribution in [3.8, 4) is 12.3 Å². The molecule has 1 saturated carbocycles. The number of H-pyrrole nitrogens is 1. The van der Waals surface area contributed by atoms with E-state index in [1.54, 1.807) is 4.90 Å². The molecule has 1 aliphatic carbocycles. The van der Waals surface area contributed by atoms with Crippen LogP contribution in [0.15, 0.2) is 12.1 Å². The van der Waals surface area contributed by atoms with Gasteiger partial charge < -0.3 is 15.0 Å². The summed E-state index contributed by atoms with van der Waals surface area (Å²) in [6, 6.07) is 2.69. The molecule has 6 nitrogen and oxygen atoms in total. The Labute approximate surface area is 104 Å². The summed E-state index contributed by atoms with van der Waals surface area (Å²) in [5, 5.41) is 10.5. The van der Waals surface area contributed by atoms with Crippen LogP contribution in [0.25, 0.3) is 0 Å². The molecule has 1 aromatic heterocycles. The van der Waals surface area contributed by atoms with E-state index in [-0.39, 0.29) is 24.0 Å². The number of rotatable bonds is 5. The lowest BCUT2D eigenvalue weighted by Gasteiger charge is -2.17. The van der Waals surface area contributed by atoms with Crippen LogP contribution < -0.4 is 0 Å². The fourth-order valence-corrected chi connectivity index (χ4v) is 1.73. The van der Waals surface area contributed by atoms with Crippen molar-refractivity contribution in [3.05, 3.63) is 27.9 Å². The van der Waals surface area contributed by atoms with E-state index in [1.165, 1.54) is 12.1 Å². The Balaban J connectivity index is 2.10. The number of terminal acetylenes is 1.